The van der Waals surface area contributed by atoms with Crippen molar-refractivity contribution in [1.29, 1.82) is 0 Å². The summed E-state index contributed by atoms with van der Waals surface area (Å²) in [4.78, 5) is 20.8. The molecule has 1 aliphatic rings. The summed E-state index contributed by atoms with van der Waals surface area (Å²) in [6, 6.07) is 14.7. The zero-order chi connectivity index (χ0) is 20.4. The predicted octanol–water partition coefficient (Wildman–Crippen LogP) is 3.46. The van der Waals surface area contributed by atoms with E-state index in [0.717, 1.165) is 49.2 Å². The van der Waals surface area contributed by atoms with E-state index < -0.39 is 0 Å². The van der Waals surface area contributed by atoms with Crippen molar-refractivity contribution in [1.82, 2.24) is 20.1 Å². The summed E-state index contributed by atoms with van der Waals surface area (Å²) in [5.41, 5.74) is 6.45. The van der Waals surface area contributed by atoms with Crippen molar-refractivity contribution in [2.24, 2.45) is 0 Å². The second-order valence-electron chi connectivity index (χ2n) is 8.31. The Labute approximate surface area is 172 Å². The summed E-state index contributed by atoms with van der Waals surface area (Å²) < 4.78 is 0. The average Bonchev–Trinajstić information content (AvgIpc) is 3.13. The lowest BCUT2D eigenvalue weighted by Crippen LogP contribution is -2.43. The van der Waals surface area contributed by atoms with Crippen molar-refractivity contribution >= 4 is 16.8 Å². The summed E-state index contributed by atoms with van der Waals surface area (Å²) >= 11 is 0. The molecule has 0 aliphatic carbocycles. The number of benzene rings is 2. The largest absolute Gasteiger partial charge is 0.351 e. The van der Waals surface area contributed by atoms with Gasteiger partial charge in [-0.3, -0.25) is 9.69 Å². The van der Waals surface area contributed by atoms with Crippen LogP contribution in [-0.4, -0.2) is 53.9 Å². The molecule has 0 spiro atoms. The molecule has 1 saturated heterocycles. The lowest BCUT2D eigenvalue weighted by Gasteiger charge is -2.32. The smallest absolute Gasteiger partial charge is 0.267 e. The van der Waals surface area contributed by atoms with E-state index in [4.69, 9.17) is 0 Å². The molecule has 0 saturated carbocycles. The summed E-state index contributed by atoms with van der Waals surface area (Å²) in [6.07, 6.45) is 0. The molecule has 0 bridgehead atoms. The molecule has 4 rings (SSSR count). The monoisotopic (exact) mass is 390 g/mol. The third kappa shape index (κ3) is 4.69. The predicted molar refractivity (Wildman–Crippen MR) is 118 cm³/mol. The standard InChI is InChI=1S/C24H30N4O/c1-17-11-18(2)21-14-23(26-22(21)12-17)24(29)25-15-19-5-4-6-20(13-19)16-28-9-7-27(3)8-10-28/h4-6,11-14,26H,7-10,15-16H2,1-3H3,(H,25,29). The van der Waals surface area contributed by atoms with Gasteiger partial charge in [0.05, 0.1) is 0 Å². The average molecular weight is 391 g/mol. The van der Waals surface area contributed by atoms with Crippen LogP contribution in [0.5, 0.6) is 0 Å². The van der Waals surface area contributed by atoms with E-state index in [1.807, 2.05) is 6.07 Å². The second kappa shape index (κ2) is 8.39. The Balaban J connectivity index is 1.38. The van der Waals surface area contributed by atoms with Gasteiger partial charge in [-0.25, -0.2) is 0 Å². The van der Waals surface area contributed by atoms with Crippen LogP contribution in [0, 0.1) is 13.8 Å². The number of nitrogens with zero attached hydrogens (tertiary/aromatic N) is 2. The van der Waals surface area contributed by atoms with Crippen LogP contribution in [0.3, 0.4) is 0 Å². The van der Waals surface area contributed by atoms with Crippen molar-refractivity contribution < 1.29 is 4.79 Å². The number of carbonyl (C=O) groups is 1. The minimum Gasteiger partial charge on any atom is -0.351 e. The summed E-state index contributed by atoms with van der Waals surface area (Å²) in [5.74, 6) is -0.0669. The van der Waals surface area contributed by atoms with Crippen LogP contribution < -0.4 is 5.32 Å². The number of aromatic amines is 1. The van der Waals surface area contributed by atoms with Crippen LogP contribution in [0.25, 0.3) is 10.9 Å². The van der Waals surface area contributed by atoms with Crippen LogP contribution in [0.4, 0.5) is 0 Å². The Hall–Kier alpha value is -2.63. The Morgan fingerprint density at radius 2 is 1.79 bits per heavy atom. The van der Waals surface area contributed by atoms with Gasteiger partial charge in [0.15, 0.2) is 0 Å². The number of rotatable bonds is 5. The van der Waals surface area contributed by atoms with Crippen molar-refractivity contribution in [3.05, 3.63) is 70.4 Å². The summed E-state index contributed by atoms with van der Waals surface area (Å²) in [5, 5.41) is 4.16. The minimum atomic E-state index is -0.0669. The molecule has 1 amide bonds. The number of aryl methyl sites for hydroxylation is 2. The van der Waals surface area contributed by atoms with Gasteiger partial charge in [-0.2, -0.15) is 0 Å². The van der Waals surface area contributed by atoms with Crippen LogP contribution in [-0.2, 0) is 13.1 Å². The zero-order valence-electron chi connectivity index (χ0n) is 17.6. The number of hydrogen-bond acceptors (Lipinski definition) is 3. The number of fused-ring (bicyclic) bond motifs is 1. The first kappa shape index (κ1) is 19.7. The maximum atomic E-state index is 12.7. The molecule has 1 aliphatic heterocycles. The molecule has 29 heavy (non-hydrogen) atoms. The van der Waals surface area contributed by atoms with Crippen LogP contribution in [0.2, 0.25) is 0 Å². The number of hydrogen-bond donors (Lipinski definition) is 2. The van der Waals surface area contributed by atoms with Crippen molar-refractivity contribution in [2.75, 3.05) is 33.2 Å². The van der Waals surface area contributed by atoms with Gasteiger partial charge in [0.2, 0.25) is 0 Å². The molecule has 5 heteroatoms. The lowest BCUT2D eigenvalue weighted by molar-refractivity contribution is 0.0946. The van der Waals surface area contributed by atoms with E-state index >= 15 is 0 Å². The first-order valence-corrected chi connectivity index (χ1v) is 10.3. The molecular weight excluding hydrogens is 360 g/mol. The molecule has 2 aromatic carbocycles. The summed E-state index contributed by atoms with van der Waals surface area (Å²) in [7, 11) is 2.18. The quantitative estimate of drug-likeness (QED) is 0.701. The number of aromatic nitrogens is 1. The van der Waals surface area contributed by atoms with Crippen molar-refractivity contribution in [2.45, 2.75) is 26.9 Å². The number of amides is 1. The molecule has 0 unspecified atom stereocenters. The van der Waals surface area contributed by atoms with E-state index in [-0.39, 0.29) is 5.91 Å². The molecular formula is C24H30N4O. The molecule has 152 valence electrons. The first-order chi connectivity index (χ1) is 14.0. The Kier molecular flexibility index (Phi) is 5.69. The van der Waals surface area contributed by atoms with E-state index in [0.29, 0.717) is 12.2 Å². The third-order valence-electron chi connectivity index (χ3n) is 5.78. The van der Waals surface area contributed by atoms with Gasteiger partial charge in [-0.05, 0) is 55.3 Å². The normalized spacial score (nSPS) is 15.7. The fourth-order valence-electron chi connectivity index (χ4n) is 4.10. The fraction of sp³-hybridized carbons (Fsp3) is 0.375. The third-order valence-corrected chi connectivity index (χ3v) is 5.78. The van der Waals surface area contributed by atoms with Gasteiger partial charge in [-0.1, -0.05) is 30.3 Å². The highest BCUT2D eigenvalue weighted by Gasteiger charge is 2.14. The Morgan fingerprint density at radius 3 is 2.59 bits per heavy atom. The number of nitrogens with one attached hydrogen (secondary N) is 2. The molecule has 2 heterocycles. The topological polar surface area (TPSA) is 51.4 Å². The molecule has 2 N–H and O–H groups in total. The highest BCUT2D eigenvalue weighted by atomic mass is 16.1. The van der Waals surface area contributed by atoms with E-state index in [1.165, 1.54) is 16.7 Å². The van der Waals surface area contributed by atoms with Crippen molar-refractivity contribution in [3.8, 4) is 0 Å². The van der Waals surface area contributed by atoms with Gasteiger partial charge >= 0.3 is 0 Å². The van der Waals surface area contributed by atoms with Gasteiger partial charge in [-0.15, -0.1) is 0 Å². The number of H-pyrrole nitrogens is 1. The molecule has 0 radical (unpaired) electrons. The summed E-state index contributed by atoms with van der Waals surface area (Å²) in [6.45, 7) is 10.1. The van der Waals surface area contributed by atoms with Crippen LogP contribution >= 0.6 is 0 Å². The maximum absolute atomic E-state index is 12.7. The Morgan fingerprint density at radius 1 is 1.03 bits per heavy atom. The maximum Gasteiger partial charge on any atom is 0.267 e. The SMILES string of the molecule is Cc1cc(C)c2cc(C(=O)NCc3cccc(CN4CCN(C)CC4)c3)[nH]c2c1. The first-order valence-electron chi connectivity index (χ1n) is 10.3. The molecule has 1 aromatic heterocycles. The minimum absolute atomic E-state index is 0.0669. The van der Waals surface area contributed by atoms with Gasteiger partial charge in [0.25, 0.3) is 5.91 Å². The highest BCUT2D eigenvalue weighted by Crippen LogP contribution is 2.21. The highest BCUT2D eigenvalue weighted by molar-refractivity contribution is 5.98. The zero-order valence-corrected chi connectivity index (χ0v) is 17.6. The number of likely N-dealkylation sites (N-methyl/N-ethyl adjacent to an activating group) is 1. The molecule has 1 fully saturated rings. The molecule has 0 atom stereocenters. The van der Waals surface area contributed by atoms with E-state index in [2.05, 4.69) is 77.4 Å². The van der Waals surface area contributed by atoms with Gasteiger partial charge in [0.1, 0.15) is 5.69 Å². The van der Waals surface area contributed by atoms with Crippen LogP contribution in [0.1, 0.15) is 32.7 Å². The fourth-order valence-corrected chi connectivity index (χ4v) is 4.10. The van der Waals surface area contributed by atoms with Gasteiger partial charge in [0, 0.05) is 50.2 Å². The molecule has 3 aromatic rings. The van der Waals surface area contributed by atoms with Gasteiger partial charge < -0.3 is 15.2 Å². The van der Waals surface area contributed by atoms with Crippen LogP contribution in [0.15, 0.2) is 42.5 Å². The number of carbonyl (C=O) groups excluding carboxylic acids is 1. The molecule has 5 nitrogen and oxygen atoms in total. The number of piperazine rings is 1. The van der Waals surface area contributed by atoms with E-state index in [9.17, 15) is 4.79 Å². The Bertz CT molecular complexity index is 1010. The second-order valence-corrected chi connectivity index (χ2v) is 8.31. The van der Waals surface area contributed by atoms with E-state index in [1.54, 1.807) is 0 Å². The lowest BCUT2D eigenvalue weighted by atomic mass is 10.1. The van der Waals surface area contributed by atoms with Crippen molar-refractivity contribution in [3.63, 3.8) is 0 Å².